The lowest BCUT2D eigenvalue weighted by atomic mass is 10.2. The number of ether oxygens (including phenoxy) is 1. The number of aromatic nitrogens is 4. The van der Waals surface area contributed by atoms with Gasteiger partial charge in [-0.3, -0.25) is 9.69 Å². The highest BCUT2D eigenvalue weighted by Crippen LogP contribution is 2.38. The number of aryl methyl sites for hydroxylation is 1. The van der Waals surface area contributed by atoms with Gasteiger partial charge in [0.15, 0.2) is 11.6 Å². The van der Waals surface area contributed by atoms with Crippen LogP contribution in [0.3, 0.4) is 0 Å². The normalized spacial score (nSPS) is 21.1. The Labute approximate surface area is 151 Å². The van der Waals surface area contributed by atoms with Crippen LogP contribution in [0.4, 0.5) is 5.82 Å². The molecule has 9 nitrogen and oxygen atoms in total. The predicted octanol–water partition coefficient (Wildman–Crippen LogP) is 0.378. The summed E-state index contributed by atoms with van der Waals surface area (Å²) in [4.78, 5) is 25.0. The van der Waals surface area contributed by atoms with Crippen molar-refractivity contribution in [1.82, 2.24) is 24.6 Å². The monoisotopic (exact) mass is 360 g/mol. The quantitative estimate of drug-likeness (QED) is 0.730. The zero-order chi connectivity index (χ0) is 18.1. The highest BCUT2D eigenvalue weighted by atomic mass is 16.5. The molecule has 0 bridgehead atoms. The Morgan fingerprint density at radius 1 is 1.38 bits per heavy atom. The summed E-state index contributed by atoms with van der Waals surface area (Å²) in [5.74, 6) is 2.44. The number of likely N-dealkylation sites (N-methyl/N-ethyl adjacent to an activating group) is 1. The van der Waals surface area contributed by atoms with Crippen molar-refractivity contribution in [2.45, 2.75) is 31.4 Å². The summed E-state index contributed by atoms with van der Waals surface area (Å²) in [7, 11) is 3.59. The Kier molecular flexibility index (Phi) is 4.73. The second kappa shape index (κ2) is 7.16. The van der Waals surface area contributed by atoms with Crippen LogP contribution in [0.5, 0.6) is 0 Å². The molecule has 0 radical (unpaired) electrons. The van der Waals surface area contributed by atoms with E-state index in [2.05, 4.69) is 20.0 Å². The van der Waals surface area contributed by atoms with Crippen LogP contribution < -0.4 is 10.5 Å². The number of nitrogens with zero attached hydrogens (tertiary/aromatic N) is 6. The van der Waals surface area contributed by atoms with Gasteiger partial charge in [-0.15, -0.1) is 0 Å². The minimum Gasteiger partial charge on any atom is -0.374 e. The minimum atomic E-state index is -0.110. The molecule has 0 spiro atoms. The molecule has 1 saturated heterocycles. The molecule has 2 aromatic rings. The van der Waals surface area contributed by atoms with E-state index in [9.17, 15) is 4.79 Å². The van der Waals surface area contributed by atoms with Gasteiger partial charge in [-0.05, 0) is 12.8 Å². The Balaban J connectivity index is 1.35. The molecule has 2 aromatic heterocycles. The van der Waals surface area contributed by atoms with Gasteiger partial charge in [-0.25, -0.2) is 4.98 Å². The van der Waals surface area contributed by atoms with Crippen molar-refractivity contribution in [3.05, 3.63) is 34.5 Å². The molecular formula is C17H24N6O3. The first-order valence-electron chi connectivity index (χ1n) is 8.99. The van der Waals surface area contributed by atoms with Crippen molar-refractivity contribution in [3.8, 4) is 0 Å². The molecule has 1 saturated carbocycles. The fraction of sp³-hybridized carbons (Fsp3) is 0.647. The largest absolute Gasteiger partial charge is 0.374 e. The lowest BCUT2D eigenvalue weighted by molar-refractivity contribution is -0.0292. The summed E-state index contributed by atoms with van der Waals surface area (Å²) in [5, 5.41) is 4.07. The van der Waals surface area contributed by atoms with E-state index in [1.165, 1.54) is 4.57 Å². The fourth-order valence-corrected chi connectivity index (χ4v) is 3.20. The predicted molar refractivity (Wildman–Crippen MR) is 94.0 cm³/mol. The molecule has 0 amide bonds. The average Bonchev–Trinajstić information content (AvgIpc) is 3.37. The van der Waals surface area contributed by atoms with Gasteiger partial charge in [-0.1, -0.05) is 5.16 Å². The van der Waals surface area contributed by atoms with Crippen molar-refractivity contribution < 1.29 is 9.26 Å². The maximum absolute atomic E-state index is 12.2. The zero-order valence-corrected chi connectivity index (χ0v) is 15.2. The van der Waals surface area contributed by atoms with Gasteiger partial charge in [0.1, 0.15) is 0 Å². The SMILES string of the molecule is CN(C[C@H]1CN(Cc2nc(C3CC3)no2)CCO1)c1nccn(C)c1=O. The van der Waals surface area contributed by atoms with E-state index in [1.54, 1.807) is 19.4 Å². The smallest absolute Gasteiger partial charge is 0.293 e. The van der Waals surface area contributed by atoms with Gasteiger partial charge in [0.25, 0.3) is 5.56 Å². The second-order valence-corrected chi connectivity index (χ2v) is 7.10. The summed E-state index contributed by atoms with van der Waals surface area (Å²) in [6, 6.07) is 0. The third-order valence-corrected chi connectivity index (χ3v) is 4.85. The van der Waals surface area contributed by atoms with Gasteiger partial charge in [0, 0.05) is 52.0 Å². The van der Waals surface area contributed by atoms with E-state index in [0.717, 1.165) is 31.8 Å². The molecule has 140 valence electrons. The molecule has 26 heavy (non-hydrogen) atoms. The van der Waals surface area contributed by atoms with Crippen molar-refractivity contribution in [1.29, 1.82) is 0 Å². The third kappa shape index (κ3) is 3.78. The lowest BCUT2D eigenvalue weighted by Gasteiger charge is -2.34. The lowest BCUT2D eigenvalue weighted by Crippen LogP contribution is -2.47. The van der Waals surface area contributed by atoms with E-state index in [0.29, 0.717) is 37.3 Å². The summed E-state index contributed by atoms with van der Waals surface area (Å²) in [5.41, 5.74) is -0.110. The molecule has 0 aromatic carbocycles. The van der Waals surface area contributed by atoms with Crippen LogP contribution >= 0.6 is 0 Å². The van der Waals surface area contributed by atoms with E-state index >= 15 is 0 Å². The summed E-state index contributed by atoms with van der Waals surface area (Å²) < 4.78 is 12.8. The maximum atomic E-state index is 12.2. The summed E-state index contributed by atoms with van der Waals surface area (Å²) in [6.45, 7) is 3.45. The topological polar surface area (TPSA) is 89.5 Å². The van der Waals surface area contributed by atoms with Crippen molar-refractivity contribution >= 4 is 5.82 Å². The third-order valence-electron chi connectivity index (χ3n) is 4.85. The van der Waals surface area contributed by atoms with Crippen LogP contribution in [0.2, 0.25) is 0 Å². The van der Waals surface area contributed by atoms with Crippen LogP contribution in [0.25, 0.3) is 0 Å². The molecule has 1 aliphatic heterocycles. The number of anilines is 1. The van der Waals surface area contributed by atoms with Crippen molar-refractivity contribution in [2.75, 3.05) is 38.2 Å². The number of hydrogen-bond donors (Lipinski definition) is 0. The van der Waals surface area contributed by atoms with Crippen LogP contribution in [0.15, 0.2) is 21.7 Å². The van der Waals surface area contributed by atoms with Gasteiger partial charge >= 0.3 is 0 Å². The highest BCUT2D eigenvalue weighted by Gasteiger charge is 2.30. The maximum Gasteiger partial charge on any atom is 0.293 e. The van der Waals surface area contributed by atoms with E-state index < -0.39 is 0 Å². The fourth-order valence-electron chi connectivity index (χ4n) is 3.20. The Morgan fingerprint density at radius 3 is 3.04 bits per heavy atom. The Morgan fingerprint density at radius 2 is 2.23 bits per heavy atom. The first-order valence-corrected chi connectivity index (χ1v) is 8.99. The molecule has 4 rings (SSSR count). The summed E-state index contributed by atoms with van der Waals surface area (Å²) in [6.07, 6.45) is 5.61. The number of rotatable bonds is 6. The van der Waals surface area contributed by atoms with Crippen molar-refractivity contribution in [2.24, 2.45) is 7.05 Å². The molecule has 3 heterocycles. The Hall–Kier alpha value is -2.26. The first kappa shape index (κ1) is 17.2. The molecule has 1 atom stereocenters. The van der Waals surface area contributed by atoms with Crippen LogP contribution in [0, 0.1) is 0 Å². The van der Waals surface area contributed by atoms with Gasteiger partial charge in [0.2, 0.25) is 5.89 Å². The average molecular weight is 360 g/mol. The van der Waals surface area contributed by atoms with Crippen LogP contribution in [-0.4, -0.2) is 64.0 Å². The molecule has 2 fully saturated rings. The van der Waals surface area contributed by atoms with E-state index in [-0.39, 0.29) is 11.7 Å². The van der Waals surface area contributed by atoms with Crippen molar-refractivity contribution in [3.63, 3.8) is 0 Å². The molecule has 0 unspecified atom stereocenters. The summed E-state index contributed by atoms with van der Waals surface area (Å²) >= 11 is 0. The molecule has 1 aliphatic carbocycles. The first-order chi connectivity index (χ1) is 12.6. The molecule has 0 N–H and O–H groups in total. The number of morpholine rings is 1. The van der Waals surface area contributed by atoms with E-state index in [1.807, 2.05) is 11.9 Å². The Bertz CT molecular complexity index is 815. The molecular weight excluding hydrogens is 336 g/mol. The van der Waals surface area contributed by atoms with Crippen LogP contribution in [-0.2, 0) is 18.3 Å². The van der Waals surface area contributed by atoms with E-state index in [4.69, 9.17) is 9.26 Å². The number of hydrogen-bond acceptors (Lipinski definition) is 8. The standard InChI is InChI=1S/C17H24N6O3/c1-21-6-5-18-16(17(21)24)22(2)9-13-10-23(7-8-25-13)11-14-19-15(20-26-14)12-3-4-12/h5-6,12-13H,3-4,7-11H2,1-2H3/t13-/m0/s1. The van der Waals surface area contributed by atoms with Gasteiger partial charge in [0.05, 0.1) is 19.3 Å². The second-order valence-electron chi connectivity index (χ2n) is 7.10. The molecule has 9 heteroatoms. The molecule has 2 aliphatic rings. The highest BCUT2D eigenvalue weighted by molar-refractivity contribution is 5.34. The zero-order valence-electron chi connectivity index (χ0n) is 15.2. The minimum absolute atomic E-state index is 0.00807. The van der Waals surface area contributed by atoms with Crippen LogP contribution in [0.1, 0.15) is 30.5 Å². The van der Waals surface area contributed by atoms with Gasteiger partial charge in [-0.2, -0.15) is 4.98 Å². The van der Waals surface area contributed by atoms with Gasteiger partial charge < -0.3 is 18.7 Å².